The normalized spacial score (nSPS) is 17.2. The van der Waals surface area contributed by atoms with Gasteiger partial charge >= 0.3 is 0 Å². The average Bonchev–Trinajstić information content (AvgIpc) is 2.94. The van der Waals surface area contributed by atoms with Gasteiger partial charge in [0.05, 0.1) is 5.39 Å². The molecule has 0 N–H and O–H groups in total. The Kier molecular flexibility index (Phi) is 3.77. The van der Waals surface area contributed by atoms with Crippen molar-refractivity contribution < 1.29 is 0 Å². The maximum Gasteiger partial charge on any atom is 0.145 e. The Morgan fingerprint density at radius 3 is 2.83 bits per heavy atom. The molecule has 0 radical (unpaired) electrons. The standard InChI is InChI=1S/C19H21N3S/c1-3-22(14-7-5-4-6-8-14)18-17-15-10-9-13(2)11-16(15)23-19(17)21-12-20-18/h4-8,12-13H,3,9-11H2,1-2H3. The van der Waals surface area contributed by atoms with Crippen LogP contribution in [-0.4, -0.2) is 16.5 Å². The number of fused-ring (bicyclic) bond motifs is 3. The van der Waals surface area contributed by atoms with Crippen LogP contribution in [0.1, 0.15) is 30.7 Å². The molecule has 1 atom stereocenters. The fraction of sp³-hybridized carbons (Fsp3) is 0.368. The van der Waals surface area contributed by atoms with Crippen LogP contribution in [-0.2, 0) is 12.8 Å². The van der Waals surface area contributed by atoms with E-state index in [1.165, 1.54) is 34.4 Å². The predicted octanol–water partition coefficient (Wildman–Crippen LogP) is 4.97. The Bertz CT molecular complexity index is 825. The molecule has 0 fully saturated rings. The van der Waals surface area contributed by atoms with Gasteiger partial charge in [-0.15, -0.1) is 11.3 Å². The van der Waals surface area contributed by atoms with Crippen LogP contribution in [0.3, 0.4) is 0 Å². The molecule has 1 unspecified atom stereocenters. The number of hydrogen-bond donors (Lipinski definition) is 0. The third kappa shape index (κ3) is 2.51. The molecule has 0 aliphatic heterocycles. The topological polar surface area (TPSA) is 29.0 Å². The maximum absolute atomic E-state index is 4.68. The second-order valence-electron chi connectivity index (χ2n) is 6.31. The van der Waals surface area contributed by atoms with E-state index >= 15 is 0 Å². The molecule has 23 heavy (non-hydrogen) atoms. The van der Waals surface area contributed by atoms with Gasteiger partial charge in [0.1, 0.15) is 17.0 Å². The largest absolute Gasteiger partial charge is 0.326 e. The lowest BCUT2D eigenvalue weighted by molar-refractivity contribution is 0.509. The molecular formula is C19H21N3S. The van der Waals surface area contributed by atoms with E-state index in [1.807, 2.05) is 11.3 Å². The fourth-order valence-electron chi connectivity index (χ4n) is 3.53. The van der Waals surface area contributed by atoms with Crippen LogP contribution in [0.15, 0.2) is 36.7 Å². The summed E-state index contributed by atoms with van der Waals surface area (Å²) in [4.78, 5) is 14.2. The molecule has 0 saturated heterocycles. The van der Waals surface area contributed by atoms with Crippen molar-refractivity contribution in [2.75, 3.05) is 11.4 Å². The highest BCUT2D eigenvalue weighted by Crippen LogP contribution is 2.41. The van der Waals surface area contributed by atoms with Crippen molar-refractivity contribution in [1.29, 1.82) is 0 Å². The molecule has 1 aromatic carbocycles. The Hall–Kier alpha value is -1.94. The van der Waals surface area contributed by atoms with Crippen molar-refractivity contribution >= 4 is 33.1 Å². The smallest absolute Gasteiger partial charge is 0.145 e. The number of hydrogen-bond acceptors (Lipinski definition) is 4. The summed E-state index contributed by atoms with van der Waals surface area (Å²) in [5.74, 6) is 1.85. The van der Waals surface area contributed by atoms with Gasteiger partial charge in [-0.1, -0.05) is 25.1 Å². The minimum absolute atomic E-state index is 0.781. The number of aryl methyl sites for hydroxylation is 1. The summed E-state index contributed by atoms with van der Waals surface area (Å²) in [6, 6.07) is 10.5. The molecule has 2 heterocycles. The number of anilines is 2. The summed E-state index contributed by atoms with van der Waals surface area (Å²) < 4.78 is 0. The molecule has 4 heteroatoms. The second kappa shape index (κ2) is 5.93. The van der Waals surface area contributed by atoms with E-state index in [4.69, 9.17) is 0 Å². The van der Waals surface area contributed by atoms with Crippen molar-refractivity contribution in [3.8, 4) is 0 Å². The van der Waals surface area contributed by atoms with Crippen LogP contribution in [0, 0.1) is 5.92 Å². The molecule has 0 amide bonds. The first kappa shape index (κ1) is 14.6. The zero-order valence-corrected chi connectivity index (χ0v) is 14.4. The Balaban J connectivity index is 1.90. The first-order valence-electron chi connectivity index (χ1n) is 8.35. The molecule has 1 aliphatic carbocycles. The van der Waals surface area contributed by atoms with Gasteiger partial charge < -0.3 is 4.90 Å². The van der Waals surface area contributed by atoms with Crippen molar-refractivity contribution in [2.45, 2.75) is 33.1 Å². The molecule has 3 aromatic rings. The number of aromatic nitrogens is 2. The molecule has 2 aromatic heterocycles. The summed E-state index contributed by atoms with van der Waals surface area (Å²) in [5.41, 5.74) is 2.69. The molecule has 0 bridgehead atoms. The number of thiophene rings is 1. The molecule has 4 rings (SSSR count). The predicted molar refractivity (Wildman–Crippen MR) is 97.7 cm³/mol. The molecule has 1 aliphatic rings. The molecular weight excluding hydrogens is 302 g/mol. The van der Waals surface area contributed by atoms with Gasteiger partial charge in [-0.3, -0.25) is 0 Å². The van der Waals surface area contributed by atoms with Crippen molar-refractivity contribution in [3.63, 3.8) is 0 Å². The minimum Gasteiger partial charge on any atom is -0.326 e. The Labute approximate surface area is 141 Å². The van der Waals surface area contributed by atoms with Crippen LogP contribution in [0.2, 0.25) is 0 Å². The van der Waals surface area contributed by atoms with Crippen LogP contribution in [0.25, 0.3) is 10.2 Å². The van der Waals surface area contributed by atoms with Crippen molar-refractivity contribution in [1.82, 2.24) is 9.97 Å². The molecule has 0 spiro atoms. The van der Waals surface area contributed by atoms with Crippen LogP contribution in [0.5, 0.6) is 0 Å². The first-order valence-corrected chi connectivity index (χ1v) is 9.17. The summed E-state index contributed by atoms with van der Waals surface area (Å²) in [7, 11) is 0. The number of para-hydroxylation sites is 1. The van der Waals surface area contributed by atoms with E-state index in [0.29, 0.717) is 0 Å². The van der Waals surface area contributed by atoms with E-state index in [-0.39, 0.29) is 0 Å². The summed E-state index contributed by atoms with van der Waals surface area (Å²) >= 11 is 1.86. The number of benzene rings is 1. The molecule has 3 nitrogen and oxygen atoms in total. The van der Waals surface area contributed by atoms with E-state index < -0.39 is 0 Å². The summed E-state index contributed by atoms with van der Waals surface area (Å²) in [6.45, 7) is 5.43. The lowest BCUT2D eigenvalue weighted by Gasteiger charge is -2.24. The van der Waals surface area contributed by atoms with E-state index in [0.717, 1.165) is 29.5 Å². The Morgan fingerprint density at radius 1 is 1.22 bits per heavy atom. The zero-order valence-electron chi connectivity index (χ0n) is 13.6. The quantitative estimate of drug-likeness (QED) is 0.681. The second-order valence-corrected chi connectivity index (χ2v) is 7.39. The Morgan fingerprint density at radius 2 is 2.04 bits per heavy atom. The van der Waals surface area contributed by atoms with Crippen molar-refractivity contribution in [2.24, 2.45) is 5.92 Å². The monoisotopic (exact) mass is 323 g/mol. The maximum atomic E-state index is 4.68. The van der Waals surface area contributed by atoms with Crippen LogP contribution in [0.4, 0.5) is 11.5 Å². The van der Waals surface area contributed by atoms with Gasteiger partial charge in [0.15, 0.2) is 0 Å². The first-order chi connectivity index (χ1) is 11.3. The van der Waals surface area contributed by atoms with Gasteiger partial charge in [-0.2, -0.15) is 0 Å². The lowest BCUT2D eigenvalue weighted by atomic mass is 9.89. The van der Waals surface area contributed by atoms with E-state index in [1.54, 1.807) is 6.33 Å². The minimum atomic E-state index is 0.781. The number of rotatable bonds is 3. The third-order valence-corrected chi connectivity index (χ3v) is 5.87. The average molecular weight is 323 g/mol. The third-order valence-electron chi connectivity index (χ3n) is 4.71. The summed E-state index contributed by atoms with van der Waals surface area (Å²) in [5, 5.41) is 1.28. The zero-order chi connectivity index (χ0) is 15.8. The van der Waals surface area contributed by atoms with Gasteiger partial charge in [0.25, 0.3) is 0 Å². The lowest BCUT2D eigenvalue weighted by Crippen LogP contribution is -2.18. The van der Waals surface area contributed by atoms with Gasteiger partial charge in [-0.25, -0.2) is 9.97 Å². The van der Waals surface area contributed by atoms with Gasteiger partial charge in [-0.05, 0) is 49.8 Å². The highest BCUT2D eigenvalue weighted by molar-refractivity contribution is 7.19. The van der Waals surface area contributed by atoms with Gasteiger partial charge in [0.2, 0.25) is 0 Å². The molecule has 0 saturated carbocycles. The van der Waals surface area contributed by atoms with E-state index in [2.05, 4.69) is 59.0 Å². The molecule has 118 valence electrons. The summed E-state index contributed by atoms with van der Waals surface area (Å²) in [6.07, 6.45) is 5.33. The number of nitrogens with zero attached hydrogens (tertiary/aromatic N) is 3. The fourth-order valence-corrected chi connectivity index (χ4v) is 4.87. The van der Waals surface area contributed by atoms with Crippen LogP contribution >= 0.6 is 11.3 Å². The highest BCUT2D eigenvalue weighted by Gasteiger charge is 2.24. The highest BCUT2D eigenvalue weighted by atomic mass is 32.1. The van der Waals surface area contributed by atoms with Crippen molar-refractivity contribution in [3.05, 3.63) is 47.1 Å². The van der Waals surface area contributed by atoms with Crippen LogP contribution < -0.4 is 4.90 Å². The van der Waals surface area contributed by atoms with E-state index in [9.17, 15) is 0 Å². The SMILES string of the molecule is CCN(c1ccccc1)c1ncnc2sc3c(c12)CCC(C)C3. The van der Waals surface area contributed by atoms with Gasteiger partial charge in [0, 0.05) is 17.1 Å².